The van der Waals surface area contributed by atoms with Gasteiger partial charge in [0.05, 0.1) is 0 Å². The Morgan fingerprint density at radius 3 is 2.44 bits per heavy atom. The van der Waals surface area contributed by atoms with Crippen LogP contribution in [0.3, 0.4) is 0 Å². The van der Waals surface area contributed by atoms with Crippen molar-refractivity contribution in [3.05, 3.63) is 0 Å². The maximum absolute atomic E-state index is 10.2. The summed E-state index contributed by atoms with van der Waals surface area (Å²) in [7, 11) is 0. The van der Waals surface area contributed by atoms with Gasteiger partial charge >= 0.3 is 0 Å². The Morgan fingerprint density at radius 1 is 1.33 bits per heavy atom. The first-order chi connectivity index (χ1) is 4.27. The summed E-state index contributed by atoms with van der Waals surface area (Å²) >= 11 is 2.33. The van der Waals surface area contributed by atoms with Crippen molar-refractivity contribution in [2.75, 3.05) is 4.43 Å². The highest BCUT2D eigenvalue weighted by atomic mass is 127. The molecule has 0 aliphatic heterocycles. The van der Waals surface area contributed by atoms with E-state index in [1.165, 1.54) is 10.8 Å². The first kappa shape index (κ1) is 9.20. The molecule has 0 aromatic heterocycles. The standard InChI is InChI=1S/C6H12INO/c7-5-3-1-2-4-6(8)9/h1-5H2,(H2,8,9). The monoisotopic (exact) mass is 241 g/mol. The number of primary amides is 1. The van der Waals surface area contributed by atoms with E-state index >= 15 is 0 Å². The summed E-state index contributed by atoms with van der Waals surface area (Å²) in [6.07, 6.45) is 3.84. The predicted octanol–water partition coefficient (Wildman–Crippen LogP) is 1.47. The van der Waals surface area contributed by atoms with Gasteiger partial charge in [-0.2, -0.15) is 0 Å². The molecular weight excluding hydrogens is 229 g/mol. The average Bonchev–Trinajstić information content (AvgIpc) is 1.80. The summed E-state index contributed by atoms with van der Waals surface area (Å²) in [6, 6.07) is 0. The summed E-state index contributed by atoms with van der Waals surface area (Å²) in [4.78, 5) is 10.2. The van der Waals surface area contributed by atoms with Crippen molar-refractivity contribution in [2.45, 2.75) is 25.7 Å². The lowest BCUT2D eigenvalue weighted by Gasteiger charge is -1.93. The van der Waals surface area contributed by atoms with Gasteiger partial charge in [-0.1, -0.05) is 29.0 Å². The first-order valence-corrected chi connectivity index (χ1v) is 4.64. The summed E-state index contributed by atoms with van der Waals surface area (Å²) in [6.45, 7) is 0. The van der Waals surface area contributed by atoms with Gasteiger partial charge in [0, 0.05) is 6.42 Å². The van der Waals surface area contributed by atoms with E-state index in [0.29, 0.717) is 6.42 Å². The molecule has 0 bridgehead atoms. The normalized spacial score (nSPS) is 9.44. The summed E-state index contributed by atoms with van der Waals surface area (Å²) < 4.78 is 1.18. The molecule has 0 radical (unpaired) electrons. The van der Waals surface area contributed by atoms with E-state index in [9.17, 15) is 4.79 Å². The Labute approximate surface area is 69.3 Å². The zero-order valence-corrected chi connectivity index (χ0v) is 7.56. The molecule has 0 heterocycles. The molecule has 9 heavy (non-hydrogen) atoms. The van der Waals surface area contributed by atoms with E-state index in [1.54, 1.807) is 0 Å². The zero-order chi connectivity index (χ0) is 7.11. The Morgan fingerprint density at radius 2 is 2.00 bits per heavy atom. The number of halogens is 1. The van der Waals surface area contributed by atoms with Crippen LogP contribution in [-0.2, 0) is 4.79 Å². The number of carbonyl (C=O) groups excluding carboxylic acids is 1. The quantitative estimate of drug-likeness (QED) is 0.442. The van der Waals surface area contributed by atoms with Gasteiger partial charge < -0.3 is 5.73 Å². The van der Waals surface area contributed by atoms with Crippen LogP contribution in [0.25, 0.3) is 0 Å². The van der Waals surface area contributed by atoms with E-state index < -0.39 is 0 Å². The van der Waals surface area contributed by atoms with Crippen molar-refractivity contribution >= 4 is 28.5 Å². The van der Waals surface area contributed by atoms with Crippen molar-refractivity contribution < 1.29 is 4.79 Å². The van der Waals surface area contributed by atoms with Gasteiger partial charge in [0.2, 0.25) is 5.91 Å². The number of alkyl halides is 1. The van der Waals surface area contributed by atoms with E-state index in [2.05, 4.69) is 22.6 Å². The second-order valence-electron chi connectivity index (χ2n) is 1.97. The number of nitrogens with two attached hydrogens (primary N) is 1. The van der Waals surface area contributed by atoms with Crippen LogP contribution in [0.15, 0.2) is 0 Å². The fraction of sp³-hybridized carbons (Fsp3) is 0.833. The Balaban J connectivity index is 2.83. The average molecular weight is 241 g/mol. The van der Waals surface area contributed by atoms with Crippen molar-refractivity contribution in [1.29, 1.82) is 0 Å². The number of amides is 1. The Kier molecular flexibility index (Phi) is 6.46. The van der Waals surface area contributed by atoms with Crippen LogP contribution in [0.4, 0.5) is 0 Å². The molecule has 0 fully saturated rings. The van der Waals surface area contributed by atoms with Gasteiger partial charge in [0.15, 0.2) is 0 Å². The SMILES string of the molecule is NC(=O)CCCCCI. The fourth-order valence-corrected chi connectivity index (χ4v) is 1.11. The minimum atomic E-state index is -0.177. The van der Waals surface area contributed by atoms with Crippen LogP contribution in [0.2, 0.25) is 0 Å². The van der Waals surface area contributed by atoms with E-state index in [1.807, 2.05) is 0 Å². The molecule has 0 aliphatic rings. The van der Waals surface area contributed by atoms with E-state index in [0.717, 1.165) is 12.8 Å². The van der Waals surface area contributed by atoms with E-state index in [-0.39, 0.29) is 5.91 Å². The number of carbonyl (C=O) groups is 1. The highest BCUT2D eigenvalue weighted by Crippen LogP contribution is 2.00. The van der Waals surface area contributed by atoms with Crippen LogP contribution >= 0.6 is 22.6 Å². The Hall–Kier alpha value is 0.200. The molecule has 0 spiro atoms. The molecule has 0 saturated heterocycles. The lowest BCUT2D eigenvalue weighted by molar-refractivity contribution is -0.118. The van der Waals surface area contributed by atoms with Gasteiger partial charge in [-0.3, -0.25) is 4.79 Å². The molecule has 54 valence electrons. The third-order valence-corrected chi connectivity index (χ3v) is 1.82. The lowest BCUT2D eigenvalue weighted by Crippen LogP contribution is -2.09. The molecule has 0 saturated carbocycles. The van der Waals surface area contributed by atoms with Crippen molar-refractivity contribution in [3.63, 3.8) is 0 Å². The van der Waals surface area contributed by atoms with Crippen molar-refractivity contribution in [3.8, 4) is 0 Å². The smallest absolute Gasteiger partial charge is 0.217 e. The molecule has 0 rings (SSSR count). The van der Waals surface area contributed by atoms with Crippen LogP contribution < -0.4 is 5.73 Å². The predicted molar refractivity (Wildman–Crippen MR) is 46.5 cm³/mol. The molecular formula is C6H12INO. The molecule has 2 N–H and O–H groups in total. The fourth-order valence-electron chi connectivity index (χ4n) is 0.570. The number of rotatable bonds is 5. The number of hydrogen-bond donors (Lipinski definition) is 1. The lowest BCUT2D eigenvalue weighted by atomic mass is 10.2. The summed E-state index contributed by atoms with van der Waals surface area (Å²) in [5.41, 5.74) is 4.93. The minimum Gasteiger partial charge on any atom is -0.370 e. The molecule has 0 atom stereocenters. The third-order valence-electron chi connectivity index (χ3n) is 1.06. The summed E-state index contributed by atoms with van der Waals surface area (Å²) in [5.74, 6) is -0.177. The highest BCUT2D eigenvalue weighted by Gasteiger charge is 1.92. The largest absolute Gasteiger partial charge is 0.370 e. The van der Waals surface area contributed by atoms with Crippen LogP contribution in [0, 0.1) is 0 Å². The van der Waals surface area contributed by atoms with Gasteiger partial charge in [-0.05, 0) is 17.3 Å². The second-order valence-corrected chi connectivity index (χ2v) is 3.04. The summed E-state index contributed by atoms with van der Waals surface area (Å²) in [5, 5.41) is 0. The molecule has 1 amide bonds. The number of unbranched alkanes of at least 4 members (excludes halogenated alkanes) is 2. The van der Waals surface area contributed by atoms with Crippen molar-refractivity contribution in [2.24, 2.45) is 5.73 Å². The second kappa shape index (κ2) is 6.32. The molecule has 0 unspecified atom stereocenters. The molecule has 2 nitrogen and oxygen atoms in total. The Bertz CT molecular complexity index is 85.1. The van der Waals surface area contributed by atoms with Gasteiger partial charge in [0.1, 0.15) is 0 Å². The highest BCUT2D eigenvalue weighted by molar-refractivity contribution is 14.1. The van der Waals surface area contributed by atoms with Gasteiger partial charge in [-0.15, -0.1) is 0 Å². The van der Waals surface area contributed by atoms with Crippen LogP contribution in [-0.4, -0.2) is 10.3 Å². The number of hydrogen-bond acceptors (Lipinski definition) is 1. The van der Waals surface area contributed by atoms with Gasteiger partial charge in [0.25, 0.3) is 0 Å². The minimum absolute atomic E-state index is 0.177. The molecule has 0 aromatic carbocycles. The zero-order valence-electron chi connectivity index (χ0n) is 5.40. The maximum Gasteiger partial charge on any atom is 0.217 e. The topological polar surface area (TPSA) is 43.1 Å². The molecule has 0 aromatic rings. The van der Waals surface area contributed by atoms with Crippen LogP contribution in [0.5, 0.6) is 0 Å². The molecule has 3 heteroatoms. The maximum atomic E-state index is 10.2. The third kappa shape index (κ3) is 8.20. The van der Waals surface area contributed by atoms with Crippen LogP contribution in [0.1, 0.15) is 25.7 Å². The van der Waals surface area contributed by atoms with Gasteiger partial charge in [-0.25, -0.2) is 0 Å². The van der Waals surface area contributed by atoms with Crippen molar-refractivity contribution in [1.82, 2.24) is 0 Å². The molecule has 0 aliphatic carbocycles. The van der Waals surface area contributed by atoms with E-state index in [4.69, 9.17) is 5.73 Å². The first-order valence-electron chi connectivity index (χ1n) is 3.11.